The van der Waals surface area contributed by atoms with Crippen LogP contribution in [-0.4, -0.2) is 47.7 Å². The number of nitrogens with zero attached hydrogens (tertiary/aromatic N) is 1. The van der Waals surface area contributed by atoms with Gasteiger partial charge in [-0.1, -0.05) is 18.2 Å². The quantitative estimate of drug-likeness (QED) is 0.370. The van der Waals surface area contributed by atoms with E-state index in [4.69, 9.17) is 12.2 Å². The molecule has 1 aromatic heterocycles. The molecule has 4 N–H and O–H groups in total. The van der Waals surface area contributed by atoms with E-state index in [1.165, 1.54) is 28.5 Å². The first-order chi connectivity index (χ1) is 12.7. The van der Waals surface area contributed by atoms with E-state index in [0.717, 1.165) is 19.5 Å². The van der Waals surface area contributed by atoms with Crippen molar-refractivity contribution in [3.63, 3.8) is 0 Å². The fourth-order valence-electron chi connectivity index (χ4n) is 4.69. The molecule has 0 radical (unpaired) electrons. The van der Waals surface area contributed by atoms with Gasteiger partial charge in [-0.2, -0.15) is 0 Å². The summed E-state index contributed by atoms with van der Waals surface area (Å²) in [6.07, 6.45) is 6.35. The molecule has 1 aliphatic heterocycles. The van der Waals surface area contributed by atoms with Gasteiger partial charge in [-0.15, -0.1) is 6.58 Å². The van der Waals surface area contributed by atoms with Gasteiger partial charge in [0.1, 0.15) is 0 Å². The van der Waals surface area contributed by atoms with E-state index in [1.807, 2.05) is 0 Å². The Morgan fingerprint density at radius 2 is 2.35 bits per heavy atom. The molecular weight excluding hydrogens is 342 g/mol. The van der Waals surface area contributed by atoms with E-state index < -0.39 is 0 Å². The van der Waals surface area contributed by atoms with Gasteiger partial charge in [0.25, 0.3) is 0 Å². The number of likely N-dealkylation sites (N-methyl/N-ethyl adjacent to an activating group) is 1. The summed E-state index contributed by atoms with van der Waals surface area (Å²) in [5, 5.41) is 5.15. The third-order valence-electron chi connectivity index (χ3n) is 5.81. The predicted molar refractivity (Wildman–Crippen MR) is 111 cm³/mol. The number of aromatic nitrogens is 1. The molecule has 2 heterocycles. The normalized spacial score (nSPS) is 24.9. The van der Waals surface area contributed by atoms with Gasteiger partial charge < -0.3 is 15.2 Å². The third-order valence-corrected chi connectivity index (χ3v) is 6.06. The number of hydrogen-bond acceptors (Lipinski definition) is 3. The average Bonchev–Trinajstić information content (AvgIpc) is 3.05. The number of piperidine rings is 1. The number of likely N-dealkylation sites (tertiary alicyclic amines) is 1. The van der Waals surface area contributed by atoms with Crippen molar-refractivity contribution in [1.82, 2.24) is 26.1 Å². The van der Waals surface area contributed by atoms with Crippen LogP contribution in [0.3, 0.4) is 0 Å². The first kappa shape index (κ1) is 17.5. The molecule has 2 aromatic rings. The van der Waals surface area contributed by atoms with E-state index in [0.29, 0.717) is 29.5 Å². The van der Waals surface area contributed by atoms with Crippen molar-refractivity contribution < 1.29 is 0 Å². The van der Waals surface area contributed by atoms with Gasteiger partial charge >= 0.3 is 0 Å². The second-order valence-electron chi connectivity index (χ2n) is 7.51. The minimum Gasteiger partial charge on any atom is -0.361 e. The molecule has 1 unspecified atom stereocenters. The van der Waals surface area contributed by atoms with Crippen LogP contribution in [0.4, 0.5) is 0 Å². The number of benzene rings is 1. The van der Waals surface area contributed by atoms with Gasteiger partial charge in [-0.25, -0.2) is 5.43 Å². The van der Waals surface area contributed by atoms with Gasteiger partial charge in [-0.05, 0) is 55.2 Å². The maximum Gasteiger partial charge on any atom is 0.181 e. The van der Waals surface area contributed by atoms with Crippen LogP contribution in [0.15, 0.2) is 37.1 Å². The Balaban J connectivity index is 1.44. The van der Waals surface area contributed by atoms with Gasteiger partial charge in [-0.3, -0.25) is 5.43 Å². The van der Waals surface area contributed by atoms with Crippen molar-refractivity contribution in [3.05, 3.63) is 48.2 Å². The molecule has 3 atom stereocenters. The lowest BCUT2D eigenvalue weighted by Crippen LogP contribution is -2.52. The number of aromatic amines is 1. The SMILES string of the molecule is C=CCNC(=S)NNCC1C[C@@H]2c3cccc4[nH]cc(c34)C[C@H]2N(C)C1. The van der Waals surface area contributed by atoms with Crippen molar-refractivity contribution in [2.45, 2.75) is 24.8 Å². The molecule has 1 saturated heterocycles. The van der Waals surface area contributed by atoms with Crippen LogP contribution in [0, 0.1) is 5.92 Å². The van der Waals surface area contributed by atoms with Crippen molar-refractivity contribution >= 4 is 28.2 Å². The Hall–Kier alpha value is -1.89. The summed E-state index contributed by atoms with van der Waals surface area (Å²) < 4.78 is 0. The molecule has 6 heteroatoms. The largest absolute Gasteiger partial charge is 0.361 e. The highest BCUT2D eigenvalue weighted by atomic mass is 32.1. The first-order valence-corrected chi connectivity index (χ1v) is 9.75. The number of rotatable bonds is 5. The third kappa shape index (κ3) is 3.24. The van der Waals surface area contributed by atoms with E-state index in [9.17, 15) is 0 Å². The molecule has 0 bridgehead atoms. The first-order valence-electron chi connectivity index (χ1n) is 9.34. The second kappa shape index (κ2) is 7.39. The highest BCUT2D eigenvalue weighted by Gasteiger charge is 2.39. The summed E-state index contributed by atoms with van der Waals surface area (Å²) in [6.45, 7) is 6.37. The van der Waals surface area contributed by atoms with E-state index in [-0.39, 0.29) is 0 Å². The van der Waals surface area contributed by atoms with Crippen molar-refractivity contribution in [2.24, 2.45) is 5.92 Å². The summed E-state index contributed by atoms with van der Waals surface area (Å²) in [5.41, 5.74) is 10.6. The summed E-state index contributed by atoms with van der Waals surface area (Å²) in [7, 11) is 2.27. The van der Waals surface area contributed by atoms with E-state index in [1.54, 1.807) is 6.08 Å². The van der Waals surface area contributed by atoms with Crippen LogP contribution in [0.5, 0.6) is 0 Å². The molecule has 138 valence electrons. The van der Waals surface area contributed by atoms with Gasteiger partial charge in [0.2, 0.25) is 0 Å². The lowest BCUT2D eigenvalue weighted by molar-refractivity contribution is 0.110. The molecule has 1 aromatic carbocycles. The lowest BCUT2D eigenvalue weighted by atomic mass is 9.72. The number of hydrazine groups is 1. The van der Waals surface area contributed by atoms with Crippen molar-refractivity contribution in [1.29, 1.82) is 0 Å². The van der Waals surface area contributed by atoms with Crippen LogP contribution in [0.25, 0.3) is 10.9 Å². The molecule has 0 amide bonds. The second-order valence-corrected chi connectivity index (χ2v) is 7.92. The average molecular weight is 370 g/mol. The summed E-state index contributed by atoms with van der Waals surface area (Å²) in [5.74, 6) is 1.19. The number of thiocarbonyl (C=S) groups is 1. The summed E-state index contributed by atoms with van der Waals surface area (Å²) in [4.78, 5) is 6.00. The highest BCUT2D eigenvalue weighted by molar-refractivity contribution is 7.80. The summed E-state index contributed by atoms with van der Waals surface area (Å²) in [6, 6.07) is 7.30. The molecule has 0 saturated carbocycles. The number of H-pyrrole nitrogens is 1. The van der Waals surface area contributed by atoms with Crippen LogP contribution < -0.4 is 16.2 Å². The molecule has 4 rings (SSSR count). The van der Waals surface area contributed by atoms with Crippen LogP contribution >= 0.6 is 12.2 Å². The van der Waals surface area contributed by atoms with Gasteiger partial charge in [0, 0.05) is 48.7 Å². The molecule has 1 fully saturated rings. The number of hydrogen-bond donors (Lipinski definition) is 4. The lowest BCUT2D eigenvalue weighted by Gasteiger charge is -2.45. The Labute approximate surface area is 160 Å². The fourth-order valence-corrected chi connectivity index (χ4v) is 4.84. The number of nitrogens with one attached hydrogen (secondary N) is 4. The standard InChI is InChI=1S/C20H27N5S/c1-3-7-21-20(26)24-23-10-13-8-16-15-5-4-6-17-19(15)14(11-22-17)9-18(16)25(2)12-13/h3-6,11,13,16,18,22-23H,1,7-10,12H2,2H3,(H2,21,24,26)/t13?,16-,18-/m1/s1. The minimum absolute atomic E-state index is 0.590. The Kier molecular flexibility index (Phi) is 4.98. The molecule has 26 heavy (non-hydrogen) atoms. The maximum absolute atomic E-state index is 5.23. The Morgan fingerprint density at radius 3 is 3.19 bits per heavy atom. The topological polar surface area (TPSA) is 55.1 Å². The van der Waals surface area contributed by atoms with E-state index >= 15 is 0 Å². The predicted octanol–water partition coefficient (Wildman–Crippen LogP) is 2.28. The van der Waals surface area contributed by atoms with Gasteiger partial charge in [0.05, 0.1) is 0 Å². The minimum atomic E-state index is 0.590. The zero-order valence-electron chi connectivity index (χ0n) is 15.2. The highest BCUT2D eigenvalue weighted by Crippen LogP contribution is 2.44. The van der Waals surface area contributed by atoms with Crippen molar-refractivity contribution in [2.75, 3.05) is 26.7 Å². The van der Waals surface area contributed by atoms with Crippen LogP contribution in [-0.2, 0) is 6.42 Å². The Morgan fingerprint density at radius 1 is 1.46 bits per heavy atom. The fraction of sp³-hybridized carbons (Fsp3) is 0.450. The molecule has 5 nitrogen and oxygen atoms in total. The van der Waals surface area contributed by atoms with Gasteiger partial charge in [0.15, 0.2) is 5.11 Å². The molecule has 0 spiro atoms. The monoisotopic (exact) mass is 369 g/mol. The van der Waals surface area contributed by atoms with Crippen LogP contribution in [0.2, 0.25) is 0 Å². The molecule has 2 aliphatic rings. The molecular formula is C20H27N5S. The maximum atomic E-state index is 5.23. The zero-order chi connectivity index (χ0) is 18.1. The van der Waals surface area contributed by atoms with Crippen molar-refractivity contribution in [3.8, 4) is 0 Å². The Bertz CT molecular complexity index is 814. The molecule has 1 aliphatic carbocycles. The van der Waals surface area contributed by atoms with Crippen LogP contribution in [0.1, 0.15) is 23.5 Å². The number of fused-ring (bicyclic) bond motifs is 2. The zero-order valence-corrected chi connectivity index (χ0v) is 16.0. The summed E-state index contributed by atoms with van der Waals surface area (Å²) >= 11 is 5.23. The smallest absolute Gasteiger partial charge is 0.181 e. The van der Waals surface area contributed by atoms with E-state index in [2.05, 4.69) is 64.1 Å².